The molecule has 130 valence electrons. The van der Waals surface area contributed by atoms with E-state index in [9.17, 15) is 4.39 Å². The number of nitrogen functional groups attached to an aromatic ring is 1. The summed E-state index contributed by atoms with van der Waals surface area (Å²) in [5, 5.41) is 8.93. The topological polar surface area (TPSA) is 66.0 Å². The number of halogens is 2. The third-order valence-corrected chi connectivity index (χ3v) is 5.11. The number of hydrogen-bond acceptors (Lipinski definition) is 5. The van der Waals surface area contributed by atoms with Crippen LogP contribution in [-0.4, -0.2) is 22.0 Å². The van der Waals surface area contributed by atoms with Gasteiger partial charge in [0.15, 0.2) is 5.82 Å². The second-order valence-electron chi connectivity index (χ2n) is 5.31. The Labute approximate surface area is 153 Å². The van der Waals surface area contributed by atoms with Crippen LogP contribution in [-0.2, 0) is 0 Å². The van der Waals surface area contributed by atoms with Crippen LogP contribution >= 0.6 is 23.4 Å². The molecule has 1 aromatic heterocycles. The maximum absolute atomic E-state index is 13.3. The number of benzene rings is 2. The number of nitrogens with two attached hydrogens (primary N) is 1. The predicted molar refractivity (Wildman–Crippen MR) is 97.8 cm³/mol. The normalized spacial score (nSPS) is 12.2. The molecule has 0 radical (unpaired) electrons. The van der Waals surface area contributed by atoms with E-state index in [1.165, 1.54) is 22.5 Å². The molecular weight excluding hydrogens is 363 g/mol. The van der Waals surface area contributed by atoms with Gasteiger partial charge in [-0.2, -0.15) is 0 Å². The van der Waals surface area contributed by atoms with Crippen LogP contribution < -0.4 is 10.6 Å². The van der Waals surface area contributed by atoms with Gasteiger partial charge in [-0.15, -0.1) is 10.2 Å². The zero-order valence-corrected chi connectivity index (χ0v) is 15.2. The first-order valence-corrected chi connectivity index (χ1v) is 8.72. The highest BCUT2D eigenvalue weighted by Crippen LogP contribution is 2.36. The summed E-state index contributed by atoms with van der Waals surface area (Å²) in [5.41, 5.74) is 1.63. The fraction of sp³-hybridized carbons (Fsp3) is 0.176. The number of aromatic nitrogens is 3. The number of hydrogen-bond donors (Lipinski definition) is 1. The molecule has 0 aliphatic rings. The van der Waals surface area contributed by atoms with Gasteiger partial charge in [0.1, 0.15) is 11.6 Å². The van der Waals surface area contributed by atoms with Crippen LogP contribution in [0.5, 0.6) is 5.75 Å². The van der Waals surface area contributed by atoms with Crippen molar-refractivity contribution in [3.63, 3.8) is 0 Å². The van der Waals surface area contributed by atoms with Gasteiger partial charge in [-0.05, 0) is 36.8 Å². The Morgan fingerprint density at radius 3 is 2.72 bits per heavy atom. The largest absolute Gasteiger partial charge is 0.496 e. The number of methoxy groups -OCH3 is 1. The maximum Gasteiger partial charge on any atom is 0.210 e. The van der Waals surface area contributed by atoms with Crippen molar-refractivity contribution in [1.29, 1.82) is 0 Å². The SMILES string of the molecule is COc1ccccc1-c1nnc(SC(C)c2ccc(F)c(Cl)c2)n1N. The first-order valence-electron chi connectivity index (χ1n) is 7.46. The van der Waals surface area contributed by atoms with Crippen molar-refractivity contribution in [2.24, 2.45) is 0 Å². The molecule has 2 N–H and O–H groups in total. The maximum atomic E-state index is 13.3. The Hall–Kier alpha value is -2.25. The quantitative estimate of drug-likeness (QED) is 0.529. The molecular formula is C17H16ClFN4OS. The summed E-state index contributed by atoms with van der Waals surface area (Å²) in [5.74, 6) is 6.89. The lowest BCUT2D eigenvalue weighted by Gasteiger charge is -2.12. The number of rotatable bonds is 5. The molecule has 0 bridgehead atoms. The average molecular weight is 379 g/mol. The summed E-state index contributed by atoms with van der Waals surface area (Å²) in [4.78, 5) is 0. The first kappa shape index (κ1) is 17.6. The number of para-hydroxylation sites is 1. The lowest BCUT2D eigenvalue weighted by Crippen LogP contribution is -2.12. The molecule has 0 spiro atoms. The molecule has 5 nitrogen and oxygen atoms in total. The molecule has 1 atom stereocenters. The van der Waals surface area contributed by atoms with Crippen molar-refractivity contribution >= 4 is 23.4 Å². The van der Waals surface area contributed by atoms with E-state index in [1.807, 2.05) is 31.2 Å². The van der Waals surface area contributed by atoms with Gasteiger partial charge in [-0.3, -0.25) is 0 Å². The summed E-state index contributed by atoms with van der Waals surface area (Å²) in [6.45, 7) is 1.96. The van der Waals surface area contributed by atoms with Gasteiger partial charge >= 0.3 is 0 Å². The highest BCUT2D eigenvalue weighted by atomic mass is 35.5. The highest BCUT2D eigenvalue weighted by molar-refractivity contribution is 7.99. The van der Waals surface area contributed by atoms with E-state index < -0.39 is 5.82 Å². The summed E-state index contributed by atoms with van der Waals surface area (Å²) in [6.07, 6.45) is 0. The molecule has 25 heavy (non-hydrogen) atoms. The predicted octanol–water partition coefficient (Wildman–Crippen LogP) is 4.31. The number of nitrogens with zero attached hydrogens (tertiary/aromatic N) is 3. The van der Waals surface area contributed by atoms with Crippen LogP contribution in [0.25, 0.3) is 11.4 Å². The summed E-state index contributed by atoms with van der Waals surface area (Å²) in [6, 6.07) is 12.1. The van der Waals surface area contributed by atoms with Gasteiger partial charge in [-0.25, -0.2) is 9.07 Å². The molecule has 1 heterocycles. The molecule has 0 amide bonds. The van der Waals surface area contributed by atoms with Crippen molar-refractivity contribution in [2.45, 2.75) is 17.3 Å². The van der Waals surface area contributed by atoms with Crippen molar-refractivity contribution in [2.75, 3.05) is 13.0 Å². The summed E-state index contributed by atoms with van der Waals surface area (Å²) < 4.78 is 20.1. The summed E-state index contributed by atoms with van der Waals surface area (Å²) in [7, 11) is 1.59. The van der Waals surface area contributed by atoms with E-state index in [2.05, 4.69) is 10.2 Å². The Morgan fingerprint density at radius 2 is 2.00 bits per heavy atom. The highest BCUT2D eigenvalue weighted by Gasteiger charge is 2.18. The van der Waals surface area contributed by atoms with Crippen LogP contribution in [0.4, 0.5) is 4.39 Å². The molecule has 3 rings (SSSR count). The van der Waals surface area contributed by atoms with Crippen LogP contribution in [0, 0.1) is 5.82 Å². The van der Waals surface area contributed by atoms with Gasteiger partial charge < -0.3 is 10.6 Å². The molecule has 2 aromatic carbocycles. The monoisotopic (exact) mass is 378 g/mol. The third kappa shape index (κ3) is 3.57. The second kappa shape index (κ2) is 7.33. The molecule has 1 unspecified atom stereocenters. The van der Waals surface area contributed by atoms with Crippen molar-refractivity contribution in [3.8, 4) is 17.1 Å². The van der Waals surface area contributed by atoms with Gasteiger partial charge in [0.05, 0.1) is 17.7 Å². The van der Waals surface area contributed by atoms with E-state index in [0.29, 0.717) is 16.7 Å². The van der Waals surface area contributed by atoms with Crippen LogP contribution in [0.1, 0.15) is 17.7 Å². The van der Waals surface area contributed by atoms with E-state index in [0.717, 1.165) is 11.1 Å². The van der Waals surface area contributed by atoms with Crippen LogP contribution in [0.2, 0.25) is 5.02 Å². The Morgan fingerprint density at radius 1 is 1.24 bits per heavy atom. The standard InChI is InChI=1S/C17H16ClFN4OS/c1-10(11-7-8-14(19)13(18)9-11)25-17-22-21-16(23(17)20)12-5-3-4-6-15(12)24-2/h3-10H,20H2,1-2H3. The first-order chi connectivity index (χ1) is 12.0. The molecule has 0 saturated heterocycles. The minimum atomic E-state index is -0.442. The van der Waals surface area contributed by atoms with E-state index in [1.54, 1.807) is 19.2 Å². The molecule has 0 saturated carbocycles. The van der Waals surface area contributed by atoms with Crippen LogP contribution in [0.15, 0.2) is 47.6 Å². The minimum Gasteiger partial charge on any atom is -0.496 e. The molecule has 0 fully saturated rings. The van der Waals surface area contributed by atoms with Gasteiger partial charge in [-0.1, -0.05) is 41.6 Å². The Bertz CT molecular complexity index is 902. The fourth-order valence-electron chi connectivity index (χ4n) is 2.36. The van der Waals surface area contributed by atoms with Crippen molar-refractivity contribution in [3.05, 3.63) is 58.9 Å². The second-order valence-corrected chi connectivity index (χ2v) is 7.03. The minimum absolute atomic E-state index is 0.0323. The van der Waals surface area contributed by atoms with E-state index in [-0.39, 0.29) is 10.3 Å². The Balaban J connectivity index is 1.87. The third-order valence-electron chi connectivity index (χ3n) is 3.71. The smallest absolute Gasteiger partial charge is 0.210 e. The summed E-state index contributed by atoms with van der Waals surface area (Å²) >= 11 is 7.26. The lowest BCUT2D eigenvalue weighted by atomic mass is 10.2. The zero-order chi connectivity index (χ0) is 18.0. The van der Waals surface area contributed by atoms with E-state index in [4.69, 9.17) is 22.2 Å². The van der Waals surface area contributed by atoms with Crippen molar-refractivity contribution in [1.82, 2.24) is 14.9 Å². The van der Waals surface area contributed by atoms with Gasteiger partial charge in [0.2, 0.25) is 5.16 Å². The lowest BCUT2D eigenvalue weighted by molar-refractivity contribution is 0.416. The van der Waals surface area contributed by atoms with Gasteiger partial charge in [0, 0.05) is 5.25 Å². The molecule has 0 aliphatic heterocycles. The molecule has 3 aromatic rings. The molecule has 8 heteroatoms. The zero-order valence-electron chi connectivity index (χ0n) is 13.6. The van der Waals surface area contributed by atoms with Gasteiger partial charge in [0.25, 0.3) is 0 Å². The average Bonchev–Trinajstić information content (AvgIpc) is 2.97. The van der Waals surface area contributed by atoms with Crippen LogP contribution in [0.3, 0.4) is 0 Å². The fourth-order valence-corrected chi connectivity index (χ4v) is 3.44. The Kier molecular flexibility index (Phi) is 5.15. The van der Waals surface area contributed by atoms with E-state index >= 15 is 0 Å². The molecule has 0 aliphatic carbocycles. The van der Waals surface area contributed by atoms with Crippen molar-refractivity contribution < 1.29 is 9.13 Å². The number of thioether (sulfide) groups is 1. The number of ether oxygens (including phenoxy) is 1.